The van der Waals surface area contributed by atoms with Crippen LogP contribution in [0.25, 0.3) is 28.3 Å². The number of halogens is 3. The summed E-state index contributed by atoms with van der Waals surface area (Å²) in [7, 11) is 1.83. The fourth-order valence-corrected chi connectivity index (χ4v) is 3.98. The third-order valence-corrected chi connectivity index (χ3v) is 5.75. The first-order valence-electron chi connectivity index (χ1n) is 10.1. The molecule has 10 heteroatoms. The largest absolute Gasteiger partial charge is 0.414 e. The van der Waals surface area contributed by atoms with E-state index >= 15 is 0 Å². The van der Waals surface area contributed by atoms with Crippen LogP contribution in [0.4, 0.5) is 13.2 Å². The van der Waals surface area contributed by atoms with Crippen LogP contribution in [0.1, 0.15) is 25.3 Å². The number of imidazole rings is 1. The summed E-state index contributed by atoms with van der Waals surface area (Å²) < 4.78 is 44.1. The minimum Gasteiger partial charge on any atom is -0.384 e. The Labute approximate surface area is 175 Å². The lowest BCUT2D eigenvalue weighted by atomic mass is 10.0. The second kappa shape index (κ2) is 7.23. The number of aliphatic hydroxyl groups is 1. The zero-order valence-electron chi connectivity index (χ0n) is 16.7. The summed E-state index contributed by atoms with van der Waals surface area (Å²) in [4.78, 5) is 9.16. The molecule has 0 saturated heterocycles. The highest BCUT2D eigenvalue weighted by Crippen LogP contribution is 2.44. The number of hydrogen-bond acceptors (Lipinski definition) is 4. The molecule has 0 unspecified atom stereocenters. The number of hydrogen-bond donors (Lipinski definition) is 1. The quantitative estimate of drug-likeness (QED) is 0.504. The van der Waals surface area contributed by atoms with Gasteiger partial charge < -0.3 is 9.67 Å². The van der Waals surface area contributed by atoms with Crippen molar-refractivity contribution >= 4 is 5.65 Å². The maximum atomic E-state index is 12.9. The van der Waals surface area contributed by atoms with Gasteiger partial charge in [0.25, 0.3) is 0 Å². The van der Waals surface area contributed by atoms with E-state index in [1.165, 1.54) is 0 Å². The Morgan fingerprint density at radius 3 is 2.68 bits per heavy atom. The number of aliphatic hydroxyl groups excluding tert-OH is 1. The molecular weight excluding hydrogens is 409 g/mol. The van der Waals surface area contributed by atoms with Gasteiger partial charge in [0.1, 0.15) is 11.5 Å². The highest BCUT2D eigenvalue weighted by atomic mass is 19.4. The topological polar surface area (TPSA) is 73.2 Å². The van der Waals surface area contributed by atoms with Gasteiger partial charge in [0, 0.05) is 67.7 Å². The minimum atomic E-state index is -4.62. The first-order chi connectivity index (χ1) is 14.8. The first kappa shape index (κ1) is 19.8. The summed E-state index contributed by atoms with van der Waals surface area (Å²) in [6, 6.07) is 3.29. The molecule has 4 heterocycles. The number of aromatic nitrogens is 6. The molecular formula is C21H21F3N6O. The number of alkyl halides is 3. The van der Waals surface area contributed by atoms with E-state index < -0.39 is 18.3 Å². The lowest BCUT2D eigenvalue weighted by Gasteiger charge is -2.23. The monoisotopic (exact) mass is 430 g/mol. The van der Waals surface area contributed by atoms with Gasteiger partial charge in [-0.05, 0) is 24.8 Å². The highest BCUT2D eigenvalue weighted by molar-refractivity contribution is 5.68. The van der Waals surface area contributed by atoms with Crippen LogP contribution in [0.3, 0.4) is 0 Å². The Kier molecular flexibility index (Phi) is 4.62. The molecule has 0 bridgehead atoms. The Balaban J connectivity index is 1.52. The van der Waals surface area contributed by atoms with Crippen molar-refractivity contribution in [1.29, 1.82) is 0 Å². The van der Waals surface area contributed by atoms with E-state index in [4.69, 9.17) is 4.98 Å². The molecule has 162 valence electrons. The van der Waals surface area contributed by atoms with E-state index in [9.17, 15) is 18.3 Å². The third-order valence-electron chi connectivity index (χ3n) is 5.75. The van der Waals surface area contributed by atoms with Crippen LogP contribution in [0, 0.1) is 5.92 Å². The molecule has 31 heavy (non-hydrogen) atoms. The number of nitrogens with zero attached hydrogens (tertiary/aromatic N) is 6. The average Bonchev–Trinajstić information content (AvgIpc) is 3.09. The summed E-state index contributed by atoms with van der Waals surface area (Å²) in [6.07, 6.45) is 5.05. The van der Waals surface area contributed by atoms with Gasteiger partial charge in [0.2, 0.25) is 0 Å². The van der Waals surface area contributed by atoms with Gasteiger partial charge in [-0.3, -0.25) is 9.08 Å². The van der Waals surface area contributed by atoms with Gasteiger partial charge in [-0.2, -0.15) is 18.3 Å². The number of fused-ring (bicyclic) bond motifs is 1. The van der Waals surface area contributed by atoms with Gasteiger partial charge >= 0.3 is 6.18 Å². The molecule has 0 radical (unpaired) electrons. The maximum absolute atomic E-state index is 12.9. The van der Waals surface area contributed by atoms with E-state index in [0.29, 0.717) is 17.2 Å². The number of aryl methyl sites for hydroxylation is 1. The molecule has 4 aromatic rings. The summed E-state index contributed by atoms with van der Waals surface area (Å²) >= 11 is 0. The highest BCUT2D eigenvalue weighted by Gasteiger charge is 2.43. The van der Waals surface area contributed by atoms with Gasteiger partial charge in [-0.15, -0.1) is 0 Å². The SMILES string of the molecule is Cn1cc(-c2cc3nccn3c(-c3ccn([C@@H](C[C@H](O)C(F)(F)F)C4CC4)c3)n2)cn1. The fraction of sp³-hybridized carbons (Fsp3) is 0.381. The Morgan fingerprint density at radius 2 is 2.00 bits per heavy atom. The van der Waals surface area contributed by atoms with Crippen LogP contribution in [-0.2, 0) is 7.05 Å². The van der Waals surface area contributed by atoms with Crippen LogP contribution >= 0.6 is 0 Å². The molecule has 5 rings (SSSR count). The average molecular weight is 430 g/mol. The lowest BCUT2D eigenvalue weighted by Crippen LogP contribution is -2.31. The van der Waals surface area contributed by atoms with E-state index in [0.717, 1.165) is 24.0 Å². The van der Waals surface area contributed by atoms with Gasteiger partial charge in [0.15, 0.2) is 6.10 Å². The lowest BCUT2D eigenvalue weighted by molar-refractivity contribution is -0.208. The Hall–Kier alpha value is -3.14. The molecule has 1 aliphatic carbocycles. The van der Waals surface area contributed by atoms with Gasteiger partial charge in [-0.1, -0.05) is 0 Å². The maximum Gasteiger partial charge on any atom is 0.414 e. The van der Waals surface area contributed by atoms with Crippen molar-refractivity contribution in [3.05, 3.63) is 49.3 Å². The standard InChI is InChI=1S/C21H21F3N6O/c1-28-11-15(10-26-28)16-8-19-25-5-7-30(19)20(27-16)14-4-6-29(12-14)17(13-2-3-13)9-18(31)21(22,23)24/h4-8,10-13,17-18,31H,2-3,9H2,1H3/t17-,18-/m0/s1. The minimum absolute atomic E-state index is 0.139. The summed E-state index contributed by atoms with van der Waals surface area (Å²) in [6.45, 7) is 0. The summed E-state index contributed by atoms with van der Waals surface area (Å²) in [5.41, 5.74) is 3.03. The smallest absolute Gasteiger partial charge is 0.384 e. The summed E-state index contributed by atoms with van der Waals surface area (Å²) in [5, 5.41) is 13.8. The molecule has 1 saturated carbocycles. The van der Waals surface area contributed by atoms with Crippen LogP contribution in [0.5, 0.6) is 0 Å². The van der Waals surface area contributed by atoms with Crippen molar-refractivity contribution in [1.82, 2.24) is 28.7 Å². The third kappa shape index (κ3) is 3.83. The van der Waals surface area contributed by atoms with Crippen molar-refractivity contribution in [3.63, 3.8) is 0 Å². The molecule has 4 aromatic heterocycles. The molecule has 0 aromatic carbocycles. The van der Waals surface area contributed by atoms with Crippen molar-refractivity contribution in [2.45, 2.75) is 37.6 Å². The van der Waals surface area contributed by atoms with Crippen molar-refractivity contribution < 1.29 is 18.3 Å². The molecule has 0 amide bonds. The zero-order chi connectivity index (χ0) is 21.8. The molecule has 0 aliphatic heterocycles. The van der Waals surface area contributed by atoms with E-state index in [1.54, 1.807) is 40.2 Å². The van der Waals surface area contributed by atoms with E-state index in [-0.39, 0.29) is 12.3 Å². The van der Waals surface area contributed by atoms with Gasteiger partial charge in [0.05, 0.1) is 11.9 Å². The Bertz CT molecular complexity index is 1220. The van der Waals surface area contributed by atoms with Crippen LogP contribution in [-0.4, -0.2) is 46.1 Å². The molecule has 1 fully saturated rings. The van der Waals surface area contributed by atoms with E-state index in [1.807, 2.05) is 29.8 Å². The predicted molar refractivity (Wildman–Crippen MR) is 107 cm³/mol. The van der Waals surface area contributed by atoms with Crippen molar-refractivity contribution in [2.75, 3.05) is 0 Å². The molecule has 7 nitrogen and oxygen atoms in total. The van der Waals surface area contributed by atoms with Crippen molar-refractivity contribution in [3.8, 4) is 22.6 Å². The van der Waals surface area contributed by atoms with Crippen LogP contribution in [0.15, 0.2) is 49.3 Å². The Morgan fingerprint density at radius 1 is 1.19 bits per heavy atom. The molecule has 1 N–H and O–H groups in total. The fourth-order valence-electron chi connectivity index (χ4n) is 3.98. The predicted octanol–water partition coefficient (Wildman–Crippen LogP) is 3.86. The normalized spacial score (nSPS) is 16.7. The summed E-state index contributed by atoms with van der Waals surface area (Å²) in [5.74, 6) is 0.777. The van der Waals surface area contributed by atoms with Crippen LogP contribution < -0.4 is 0 Å². The molecule has 2 atom stereocenters. The van der Waals surface area contributed by atoms with Crippen LogP contribution in [0.2, 0.25) is 0 Å². The molecule has 0 spiro atoms. The van der Waals surface area contributed by atoms with Gasteiger partial charge in [-0.25, -0.2) is 9.97 Å². The second-order valence-corrected chi connectivity index (χ2v) is 8.07. The number of rotatable bonds is 6. The first-order valence-corrected chi connectivity index (χ1v) is 10.1. The molecule has 1 aliphatic rings. The zero-order valence-corrected chi connectivity index (χ0v) is 16.7. The van der Waals surface area contributed by atoms with Crippen molar-refractivity contribution in [2.24, 2.45) is 13.0 Å². The second-order valence-electron chi connectivity index (χ2n) is 8.07. The van der Waals surface area contributed by atoms with E-state index in [2.05, 4.69) is 10.1 Å².